The Labute approximate surface area is 108 Å². The quantitative estimate of drug-likeness (QED) is 0.831. The van der Waals surface area contributed by atoms with Gasteiger partial charge in [-0.2, -0.15) is 0 Å². The maximum Gasteiger partial charge on any atom is 0.243 e. The third-order valence-corrected chi connectivity index (χ3v) is 4.34. The summed E-state index contributed by atoms with van der Waals surface area (Å²) in [6.45, 7) is 0.0221. The lowest BCUT2D eigenvalue weighted by Gasteiger charge is -2.07. The second-order valence-corrected chi connectivity index (χ2v) is 6.15. The maximum atomic E-state index is 13.4. The summed E-state index contributed by atoms with van der Waals surface area (Å²) in [6.07, 6.45) is 1.56. The maximum absolute atomic E-state index is 13.4. The van der Waals surface area contributed by atoms with Gasteiger partial charge < -0.3 is 5.73 Å². The Hall–Kier alpha value is -1.51. The minimum Gasteiger partial charge on any atom is -0.399 e. The molecule has 2 rings (SSSR count). The van der Waals surface area contributed by atoms with Crippen LogP contribution in [0.1, 0.15) is 5.01 Å². The molecule has 0 unspecified atom stereocenters. The van der Waals surface area contributed by atoms with Crippen LogP contribution in [0.3, 0.4) is 0 Å². The molecule has 0 aliphatic carbocycles. The van der Waals surface area contributed by atoms with Gasteiger partial charge in [-0.1, -0.05) is 0 Å². The highest BCUT2D eigenvalue weighted by atomic mass is 32.2. The second-order valence-electron chi connectivity index (χ2n) is 3.44. The molecule has 3 N–H and O–H groups in total. The number of hydrogen-bond acceptors (Lipinski definition) is 5. The molecule has 1 aromatic carbocycles. The first-order valence-electron chi connectivity index (χ1n) is 4.92. The van der Waals surface area contributed by atoms with Crippen LogP contribution in [-0.4, -0.2) is 13.4 Å². The zero-order valence-corrected chi connectivity index (χ0v) is 10.8. The number of halogens is 1. The summed E-state index contributed by atoms with van der Waals surface area (Å²) in [5.74, 6) is -0.837. The SMILES string of the molecule is Nc1ccc(F)c(S(=O)(=O)NCc2nccs2)c1. The molecule has 2 aromatic rings. The van der Waals surface area contributed by atoms with E-state index in [2.05, 4.69) is 9.71 Å². The van der Waals surface area contributed by atoms with Crippen LogP contribution < -0.4 is 10.5 Å². The molecule has 0 saturated heterocycles. The van der Waals surface area contributed by atoms with Crippen molar-refractivity contribution in [3.05, 3.63) is 40.6 Å². The molecule has 5 nitrogen and oxygen atoms in total. The molecule has 1 heterocycles. The van der Waals surface area contributed by atoms with E-state index in [4.69, 9.17) is 5.73 Å². The number of anilines is 1. The number of benzene rings is 1. The molecule has 18 heavy (non-hydrogen) atoms. The third kappa shape index (κ3) is 2.84. The van der Waals surface area contributed by atoms with Gasteiger partial charge in [0.05, 0.1) is 6.54 Å². The van der Waals surface area contributed by atoms with Gasteiger partial charge in [0, 0.05) is 17.3 Å². The van der Waals surface area contributed by atoms with Crippen LogP contribution in [-0.2, 0) is 16.6 Å². The molecule has 0 radical (unpaired) electrons. The first-order chi connectivity index (χ1) is 8.49. The molecule has 8 heteroatoms. The number of nitrogens with two attached hydrogens (primary N) is 1. The van der Waals surface area contributed by atoms with E-state index in [1.165, 1.54) is 17.4 Å². The second kappa shape index (κ2) is 5.01. The van der Waals surface area contributed by atoms with Crippen LogP contribution in [0.25, 0.3) is 0 Å². The Bertz CT molecular complexity index is 641. The summed E-state index contributed by atoms with van der Waals surface area (Å²) in [5, 5.41) is 2.33. The minimum atomic E-state index is -3.93. The molecule has 0 fully saturated rings. The van der Waals surface area contributed by atoms with Crippen LogP contribution in [0, 0.1) is 5.82 Å². The predicted octanol–water partition coefficient (Wildman–Crippen LogP) is 1.34. The van der Waals surface area contributed by atoms with Crippen molar-refractivity contribution in [2.45, 2.75) is 11.4 Å². The van der Waals surface area contributed by atoms with Crippen LogP contribution in [0.2, 0.25) is 0 Å². The summed E-state index contributed by atoms with van der Waals surface area (Å²) < 4.78 is 39.5. The molecule has 0 bridgehead atoms. The van der Waals surface area contributed by atoms with Crippen molar-refractivity contribution in [1.82, 2.24) is 9.71 Å². The number of nitrogens with zero attached hydrogens (tertiary/aromatic N) is 1. The van der Waals surface area contributed by atoms with Crippen molar-refractivity contribution < 1.29 is 12.8 Å². The van der Waals surface area contributed by atoms with Crippen molar-refractivity contribution in [3.8, 4) is 0 Å². The number of rotatable bonds is 4. The highest BCUT2D eigenvalue weighted by Gasteiger charge is 2.19. The van der Waals surface area contributed by atoms with E-state index in [0.717, 1.165) is 12.1 Å². The van der Waals surface area contributed by atoms with Gasteiger partial charge in [0.15, 0.2) is 0 Å². The van der Waals surface area contributed by atoms with E-state index in [1.807, 2.05) is 0 Å². The van der Waals surface area contributed by atoms with E-state index in [1.54, 1.807) is 11.6 Å². The highest BCUT2D eigenvalue weighted by molar-refractivity contribution is 7.89. The van der Waals surface area contributed by atoms with Crippen LogP contribution in [0.4, 0.5) is 10.1 Å². The average Bonchev–Trinajstić information content (AvgIpc) is 2.83. The van der Waals surface area contributed by atoms with Gasteiger partial charge in [0.1, 0.15) is 15.7 Å². The highest BCUT2D eigenvalue weighted by Crippen LogP contribution is 2.18. The normalized spacial score (nSPS) is 11.6. The van der Waals surface area contributed by atoms with Crippen LogP contribution in [0.5, 0.6) is 0 Å². The third-order valence-electron chi connectivity index (χ3n) is 2.14. The Balaban J connectivity index is 2.22. The topological polar surface area (TPSA) is 85.1 Å². The summed E-state index contributed by atoms with van der Waals surface area (Å²) in [6, 6.07) is 3.40. The molecule has 1 aromatic heterocycles. The van der Waals surface area contributed by atoms with Gasteiger partial charge >= 0.3 is 0 Å². The van der Waals surface area contributed by atoms with Gasteiger partial charge in [0.25, 0.3) is 0 Å². The fourth-order valence-corrected chi connectivity index (χ4v) is 3.05. The lowest BCUT2D eigenvalue weighted by atomic mass is 10.3. The molecular formula is C10H10FN3O2S2. The molecule has 0 aliphatic heterocycles. The Morgan fingerprint density at radius 2 is 2.22 bits per heavy atom. The van der Waals surface area contributed by atoms with Gasteiger partial charge in [-0.05, 0) is 18.2 Å². The predicted molar refractivity (Wildman–Crippen MR) is 67.0 cm³/mol. The monoisotopic (exact) mass is 287 g/mol. The van der Waals surface area contributed by atoms with Crippen LogP contribution >= 0.6 is 11.3 Å². The standard InChI is InChI=1S/C10H10FN3O2S2/c11-8-2-1-7(12)5-9(8)18(15,16)14-6-10-13-3-4-17-10/h1-5,14H,6,12H2. The lowest BCUT2D eigenvalue weighted by molar-refractivity contribution is 0.557. The van der Waals surface area contributed by atoms with Crippen LogP contribution in [0.15, 0.2) is 34.7 Å². The number of nitrogens with one attached hydrogen (secondary N) is 1. The zero-order chi connectivity index (χ0) is 13.2. The number of nitrogen functional groups attached to an aromatic ring is 1. The molecule has 0 aliphatic rings. The average molecular weight is 287 g/mol. The first-order valence-corrected chi connectivity index (χ1v) is 7.28. The zero-order valence-electron chi connectivity index (χ0n) is 9.13. The van der Waals surface area contributed by atoms with E-state index in [0.29, 0.717) is 5.01 Å². The molecular weight excluding hydrogens is 277 g/mol. The fourth-order valence-electron chi connectivity index (χ4n) is 1.30. The van der Waals surface area contributed by atoms with Gasteiger partial charge in [-0.25, -0.2) is 22.5 Å². The number of thiazole rings is 1. The van der Waals surface area contributed by atoms with Crippen molar-refractivity contribution in [2.75, 3.05) is 5.73 Å². The van der Waals surface area contributed by atoms with E-state index in [-0.39, 0.29) is 12.2 Å². The largest absolute Gasteiger partial charge is 0.399 e. The smallest absolute Gasteiger partial charge is 0.243 e. The van der Waals surface area contributed by atoms with E-state index in [9.17, 15) is 12.8 Å². The summed E-state index contributed by atoms with van der Waals surface area (Å²) in [5.41, 5.74) is 5.63. The number of hydrogen-bond donors (Lipinski definition) is 2. The summed E-state index contributed by atoms with van der Waals surface area (Å²) in [7, 11) is -3.93. The van der Waals surface area contributed by atoms with Gasteiger partial charge in [0.2, 0.25) is 10.0 Å². The molecule has 0 atom stereocenters. The molecule has 96 valence electrons. The van der Waals surface area contributed by atoms with Crippen molar-refractivity contribution in [1.29, 1.82) is 0 Å². The summed E-state index contributed by atoms with van der Waals surface area (Å²) in [4.78, 5) is 3.47. The van der Waals surface area contributed by atoms with Crippen molar-refractivity contribution in [2.24, 2.45) is 0 Å². The van der Waals surface area contributed by atoms with Gasteiger partial charge in [-0.3, -0.25) is 0 Å². The van der Waals surface area contributed by atoms with Gasteiger partial charge in [-0.15, -0.1) is 11.3 Å². The van der Waals surface area contributed by atoms with E-state index >= 15 is 0 Å². The lowest BCUT2D eigenvalue weighted by Crippen LogP contribution is -2.24. The molecule has 0 saturated carbocycles. The molecule has 0 spiro atoms. The van der Waals surface area contributed by atoms with E-state index < -0.39 is 20.7 Å². The Morgan fingerprint density at radius 3 is 2.89 bits per heavy atom. The number of sulfonamides is 1. The van der Waals surface area contributed by atoms with Crippen molar-refractivity contribution >= 4 is 27.0 Å². The number of aromatic nitrogens is 1. The Morgan fingerprint density at radius 1 is 1.44 bits per heavy atom. The molecule has 0 amide bonds. The Kier molecular flexibility index (Phi) is 3.60. The first kappa shape index (κ1) is 12.9. The fraction of sp³-hybridized carbons (Fsp3) is 0.100. The minimum absolute atomic E-state index is 0.0221. The summed E-state index contributed by atoms with van der Waals surface area (Å²) >= 11 is 1.31. The van der Waals surface area contributed by atoms with Crippen molar-refractivity contribution in [3.63, 3.8) is 0 Å².